The third-order valence-corrected chi connectivity index (χ3v) is 8.73. The van der Waals surface area contributed by atoms with E-state index >= 15 is 0 Å². The number of carbonyl (C=O) groups excluding carboxylic acids is 2. The fourth-order valence-electron chi connectivity index (χ4n) is 7.50. The number of amides is 2. The van der Waals surface area contributed by atoms with Crippen LogP contribution in [0.5, 0.6) is 0 Å². The van der Waals surface area contributed by atoms with E-state index in [-0.39, 0.29) is 23.8 Å². The van der Waals surface area contributed by atoms with Gasteiger partial charge in [-0.1, -0.05) is 48.5 Å². The van der Waals surface area contributed by atoms with Crippen molar-refractivity contribution in [1.29, 1.82) is 0 Å². The lowest BCUT2D eigenvalue weighted by Gasteiger charge is -2.56. The van der Waals surface area contributed by atoms with E-state index in [1.165, 1.54) is 19.3 Å². The fourth-order valence-corrected chi connectivity index (χ4v) is 7.50. The summed E-state index contributed by atoms with van der Waals surface area (Å²) in [6.07, 6.45) is 6.76. The SMILES string of the molecule is COCCN(CC(=O)Nc1cc(-c2ccccc2)nn1-c1ccccc1)C(=O)C12CC3CC(CC(C3)C1)C2. The number of rotatable bonds is 9. The lowest BCUT2D eigenvalue weighted by Crippen LogP contribution is -2.56. The molecule has 1 N–H and O–H groups in total. The summed E-state index contributed by atoms with van der Waals surface area (Å²) in [6, 6.07) is 21.6. The van der Waals surface area contributed by atoms with Crippen molar-refractivity contribution < 1.29 is 14.3 Å². The van der Waals surface area contributed by atoms with Crippen molar-refractivity contribution in [2.75, 3.05) is 32.1 Å². The topological polar surface area (TPSA) is 76.5 Å². The maximum absolute atomic E-state index is 14.0. The molecule has 2 aromatic carbocycles. The summed E-state index contributed by atoms with van der Waals surface area (Å²) < 4.78 is 7.08. The van der Waals surface area contributed by atoms with Gasteiger partial charge < -0.3 is 15.0 Å². The molecular formula is C31H36N4O3. The van der Waals surface area contributed by atoms with Gasteiger partial charge in [0, 0.05) is 25.3 Å². The maximum Gasteiger partial charge on any atom is 0.245 e. The van der Waals surface area contributed by atoms with Gasteiger partial charge >= 0.3 is 0 Å². The van der Waals surface area contributed by atoms with E-state index in [9.17, 15) is 9.59 Å². The summed E-state index contributed by atoms with van der Waals surface area (Å²) in [5, 5.41) is 7.86. The van der Waals surface area contributed by atoms with Crippen molar-refractivity contribution in [2.45, 2.75) is 38.5 Å². The maximum atomic E-state index is 14.0. The molecule has 7 rings (SSSR count). The summed E-state index contributed by atoms with van der Waals surface area (Å²) in [6.45, 7) is 0.827. The largest absolute Gasteiger partial charge is 0.383 e. The highest BCUT2D eigenvalue weighted by Gasteiger charge is 2.55. The Labute approximate surface area is 224 Å². The first-order valence-corrected chi connectivity index (χ1v) is 13.8. The summed E-state index contributed by atoms with van der Waals surface area (Å²) >= 11 is 0. The molecule has 198 valence electrons. The lowest BCUT2D eigenvalue weighted by atomic mass is 9.49. The third-order valence-electron chi connectivity index (χ3n) is 8.73. The minimum atomic E-state index is -0.297. The average molecular weight is 513 g/mol. The molecule has 1 heterocycles. The highest BCUT2D eigenvalue weighted by atomic mass is 16.5. The first kappa shape index (κ1) is 24.9. The zero-order valence-electron chi connectivity index (χ0n) is 22.0. The quantitative estimate of drug-likeness (QED) is 0.429. The average Bonchev–Trinajstić information content (AvgIpc) is 3.34. The van der Waals surface area contributed by atoms with Gasteiger partial charge in [-0.3, -0.25) is 9.59 Å². The minimum Gasteiger partial charge on any atom is -0.383 e. The first-order valence-electron chi connectivity index (χ1n) is 13.8. The molecule has 0 atom stereocenters. The van der Waals surface area contributed by atoms with Gasteiger partial charge in [-0.05, 0) is 68.4 Å². The molecule has 4 bridgehead atoms. The zero-order chi connectivity index (χ0) is 26.1. The van der Waals surface area contributed by atoms with Crippen LogP contribution in [-0.4, -0.2) is 53.3 Å². The molecule has 0 unspecified atom stereocenters. The predicted molar refractivity (Wildman–Crippen MR) is 147 cm³/mol. The number of aromatic nitrogens is 2. The van der Waals surface area contributed by atoms with Gasteiger partial charge in [0.1, 0.15) is 12.4 Å². The molecule has 1 aromatic heterocycles. The Morgan fingerprint density at radius 1 is 0.974 bits per heavy atom. The predicted octanol–water partition coefficient (Wildman–Crippen LogP) is 5.17. The number of carbonyl (C=O) groups is 2. The third kappa shape index (κ3) is 4.87. The van der Waals surface area contributed by atoms with Gasteiger partial charge in [-0.15, -0.1) is 0 Å². The standard InChI is InChI=1S/C31H36N4O3/c1-38-13-12-34(30(37)31-18-22-14-23(19-31)16-24(15-22)20-31)21-29(36)32-28-17-27(25-8-4-2-5-9-25)33-35(28)26-10-6-3-7-11-26/h2-11,17,22-24H,12-16,18-21H2,1H3,(H,32,36). The van der Waals surface area contributed by atoms with Crippen LogP contribution in [0.15, 0.2) is 66.7 Å². The normalized spacial score (nSPS) is 25.3. The number of benzene rings is 2. The fraction of sp³-hybridized carbons (Fsp3) is 0.452. The Balaban J connectivity index is 1.23. The van der Waals surface area contributed by atoms with Crippen LogP contribution >= 0.6 is 0 Å². The van der Waals surface area contributed by atoms with Crippen molar-refractivity contribution in [3.63, 3.8) is 0 Å². The number of methoxy groups -OCH3 is 1. The Bertz CT molecular complexity index is 1250. The van der Waals surface area contributed by atoms with Gasteiger partial charge in [-0.25, -0.2) is 4.68 Å². The van der Waals surface area contributed by atoms with Crippen molar-refractivity contribution in [1.82, 2.24) is 14.7 Å². The number of ether oxygens (including phenoxy) is 1. The second-order valence-electron chi connectivity index (χ2n) is 11.5. The van der Waals surface area contributed by atoms with Crippen LogP contribution in [0.25, 0.3) is 16.9 Å². The lowest BCUT2D eigenvalue weighted by molar-refractivity contribution is -0.159. The van der Waals surface area contributed by atoms with Gasteiger partial charge in [0.15, 0.2) is 0 Å². The molecule has 3 aromatic rings. The molecule has 0 spiro atoms. The van der Waals surface area contributed by atoms with Crippen LogP contribution in [0, 0.1) is 23.2 Å². The highest BCUT2D eigenvalue weighted by molar-refractivity contribution is 5.95. The summed E-state index contributed by atoms with van der Waals surface area (Å²) in [7, 11) is 1.64. The smallest absolute Gasteiger partial charge is 0.245 e. The van der Waals surface area contributed by atoms with Crippen LogP contribution < -0.4 is 5.32 Å². The van der Waals surface area contributed by atoms with E-state index in [0.29, 0.717) is 36.7 Å². The van der Waals surface area contributed by atoms with Crippen molar-refractivity contribution in [2.24, 2.45) is 23.2 Å². The molecule has 38 heavy (non-hydrogen) atoms. The molecule has 0 aliphatic heterocycles. The number of hydrogen-bond donors (Lipinski definition) is 1. The Hall–Kier alpha value is -3.45. The van der Waals surface area contributed by atoms with E-state index in [1.54, 1.807) is 16.7 Å². The van der Waals surface area contributed by atoms with Gasteiger partial charge in [0.25, 0.3) is 0 Å². The molecule has 4 fully saturated rings. The first-order chi connectivity index (χ1) is 18.5. The highest BCUT2D eigenvalue weighted by Crippen LogP contribution is 2.60. The number of hydrogen-bond acceptors (Lipinski definition) is 4. The minimum absolute atomic E-state index is 0.00455. The summed E-state index contributed by atoms with van der Waals surface area (Å²) in [4.78, 5) is 29.2. The van der Waals surface area contributed by atoms with Gasteiger partial charge in [0.05, 0.1) is 23.4 Å². The summed E-state index contributed by atoms with van der Waals surface area (Å²) in [5.74, 6) is 2.50. The van der Waals surface area contributed by atoms with E-state index in [4.69, 9.17) is 9.84 Å². The van der Waals surface area contributed by atoms with Crippen LogP contribution in [0.4, 0.5) is 5.82 Å². The molecule has 4 aliphatic rings. The number of nitrogens with one attached hydrogen (secondary N) is 1. The Morgan fingerprint density at radius 3 is 2.18 bits per heavy atom. The molecule has 0 radical (unpaired) electrons. The van der Waals surface area contributed by atoms with E-state index in [2.05, 4.69) is 5.32 Å². The zero-order valence-corrected chi connectivity index (χ0v) is 22.0. The molecule has 4 aliphatic carbocycles. The second-order valence-corrected chi connectivity index (χ2v) is 11.5. The van der Waals surface area contributed by atoms with Crippen LogP contribution in [0.1, 0.15) is 38.5 Å². The second kappa shape index (κ2) is 10.4. The molecule has 7 heteroatoms. The number of anilines is 1. The van der Waals surface area contributed by atoms with Crippen LogP contribution in [-0.2, 0) is 14.3 Å². The molecule has 4 saturated carbocycles. The molecule has 0 saturated heterocycles. The van der Waals surface area contributed by atoms with Crippen molar-refractivity contribution in [3.05, 3.63) is 66.7 Å². The van der Waals surface area contributed by atoms with E-state index in [1.807, 2.05) is 66.7 Å². The number of para-hydroxylation sites is 1. The van der Waals surface area contributed by atoms with Crippen molar-refractivity contribution in [3.8, 4) is 16.9 Å². The van der Waals surface area contributed by atoms with E-state index < -0.39 is 0 Å². The molecule has 7 nitrogen and oxygen atoms in total. The monoisotopic (exact) mass is 512 g/mol. The van der Waals surface area contributed by atoms with Gasteiger partial charge in [-0.2, -0.15) is 5.10 Å². The van der Waals surface area contributed by atoms with Crippen LogP contribution in [0.3, 0.4) is 0 Å². The summed E-state index contributed by atoms with van der Waals surface area (Å²) in [5.41, 5.74) is 2.29. The number of nitrogens with zero attached hydrogens (tertiary/aromatic N) is 3. The Morgan fingerprint density at radius 2 is 1.58 bits per heavy atom. The van der Waals surface area contributed by atoms with E-state index in [0.717, 1.165) is 36.2 Å². The van der Waals surface area contributed by atoms with Gasteiger partial charge in [0.2, 0.25) is 11.8 Å². The van der Waals surface area contributed by atoms with Crippen LogP contribution in [0.2, 0.25) is 0 Å². The molecular weight excluding hydrogens is 476 g/mol. The Kier molecular flexibility index (Phi) is 6.78. The van der Waals surface area contributed by atoms with Crippen molar-refractivity contribution >= 4 is 17.6 Å². The molecule has 2 amide bonds.